The number of likely N-dealkylation sites (N-methyl/N-ethyl adjacent to an activating group) is 1. The van der Waals surface area contributed by atoms with Crippen LogP contribution in [-0.4, -0.2) is 29.9 Å². The topological polar surface area (TPSA) is 32.3 Å². The Morgan fingerprint density at radius 2 is 2.05 bits per heavy atom. The fourth-order valence-corrected chi connectivity index (χ4v) is 2.36. The minimum atomic E-state index is 0.152. The van der Waals surface area contributed by atoms with Crippen molar-refractivity contribution in [2.24, 2.45) is 0 Å². The van der Waals surface area contributed by atoms with Gasteiger partial charge in [0.2, 0.25) is 5.91 Å². The van der Waals surface area contributed by atoms with Gasteiger partial charge in [0, 0.05) is 23.7 Å². The van der Waals surface area contributed by atoms with Crippen molar-refractivity contribution in [1.29, 1.82) is 0 Å². The van der Waals surface area contributed by atoms with Crippen LogP contribution >= 0.6 is 11.6 Å². The molecule has 1 aromatic carbocycles. The Bertz CT molecular complexity index is 428. The van der Waals surface area contributed by atoms with E-state index >= 15 is 0 Å². The van der Waals surface area contributed by atoms with Gasteiger partial charge in [-0.15, -0.1) is 0 Å². The zero-order chi connectivity index (χ0) is 13.8. The standard InChI is InChI=1S/C15H21ClN2O/c1-3-18(14-8-9-14)15(19)10-17-11(2)12-4-6-13(16)7-5-12/h4-7,11,14,17H,3,8-10H2,1-2H3. The first kappa shape index (κ1) is 14.4. The first-order valence-corrected chi connectivity index (χ1v) is 7.28. The number of amides is 1. The molecule has 0 radical (unpaired) electrons. The van der Waals surface area contributed by atoms with E-state index in [0.29, 0.717) is 12.6 Å². The lowest BCUT2D eigenvalue weighted by Gasteiger charge is -2.22. The number of nitrogens with one attached hydrogen (secondary N) is 1. The predicted octanol–water partition coefficient (Wildman–Crippen LogP) is 3.00. The van der Waals surface area contributed by atoms with Crippen LogP contribution < -0.4 is 5.32 Å². The van der Waals surface area contributed by atoms with Crippen LogP contribution in [0.15, 0.2) is 24.3 Å². The lowest BCUT2D eigenvalue weighted by Crippen LogP contribution is -2.40. The van der Waals surface area contributed by atoms with Crippen LogP contribution in [0.5, 0.6) is 0 Å². The van der Waals surface area contributed by atoms with E-state index in [1.54, 1.807) is 0 Å². The Kier molecular flexibility index (Phi) is 4.83. The molecule has 19 heavy (non-hydrogen) atoms. The molecule has 1 N–H and O–H groups in total. The van der Waals surface area contributed by atoms with E-state index in [2.05, 4.69) is 12.2 Å². The number of carbonyl (C=O) groups is 1. The first-order valence-electron chi connectivity index (χ1n) is 6.90. The molecule has 1 amide bonds. The summed E-state index contributed by atoms with van der Waals surface area (Å²) in [7, 11) is 0. The van der Waals surface area contributed by atoms with Gasteiger partial charge in [-0.2, -0.15) is 0 Å². The molecule has 2 rings (SSSR count). The highest BCUT2D eigenvalue weighted by atomic mass is 35.5. The zero-order valence-corrected chi connectivity index (χ0v) is 12.3. The molecule has 1 aromatic rings. The van der Waals surface area contributed by atoms with Gasteiger partial charge in [-0.25, -0.2) is 0 Å². The Morgan fingerprint density at radius 3 is 2.58 bits per heavy atom. The van der Waals surface area contributed by atoms with Crippen LogP contribution in [-0.2, 0) is 4.79 Å². The molecule has 104 valence electrons. The highest BCUT2D eigenvalue weighted by Crippen LogP contribution is 2.26. The van der Waals surface area contributed by atoms with Crippen LogP contribution in [0.25, 0.3) is 0 Å². The van der Waals surface area contributed by atoms with E-state index < -0.39 is 0 Å². The summed E-state index contributed by atoms with van der Waals surface area (Å²) >= 11 is 5.86. The second-order valence-corrected chi connectivity index (χ2v) is 5.50. The number of nitrogens with zero attached hydrogens (tertiary/aromatic N) is 1. The normalized spacial score (nSPS) is 16.2. The molecule has 1 atom stereocenters. The van der Waals surface area contributed by atoms with E-state index in [4.69, 9.17) is 11.6 Å². The molecule has 1 fully saturated rings. The minimum Gasteiger partial charge on any atom is -0.339 e. The molecule has 1 saturated carbocycles. The molecule has 1 unspecified atom stereocenters. The molecular formula is C15H21ClN2O. The molecule has 0 saturated heterocycles. The summed E-state index contributed by atoms with van der Waals surface area (Å²) in [5.41, 5.74) is 1.15. The molecule has 0 heterocycles. The SMILES string of the molecule is CCN(C(=O)CNC(C)c1ccc(Cl)cc1)C1CC1. The Balaban J connectivity index is 1.84. The third-order valence-electron chi connectivity index (χ3n) is 3.58. The first-order chi connectivity index (χ1) is 9.11. The van der Waals surface area contributed by atoms with Crippen molar-refractivity contribution in [1.82, 2.24) is 10.2 Å². The lowest BCUT2D eigenvalue weighted by atomic mass is 10.1. The highest BCUT2D eigenvalue weighted by Gasteiger charge is 2.31. The van der Waals surface area contributed by atoms with Crippen molar-refractivity contribution < 1.29 is 4.79 Å². The monoisotopic (exact) mass is 280 g/mol. The van der Waals surface area contributed by atoms with Crippen LogP contribution in [0.1, 0.15) is 38.3 Å². The van der Waals surface area contributed by atoms with Gasteiger partial charge in [0.05, 0.1) is 6.54 Å². The van der Waals surface area contributed by atoms with Gasteiger partial charge in [-0.1, -0.05) is 23.7 Å². The van der Waals surface area contributed by atoms with Crippen molar-refractivity contribution in [2.45, 2.75) is 38.8 Å². The lowest BCUT2D eigenvalue weighted by molar-refractivity contribution is -0.130. The van der Waals surface area contributed by atoms with Crippen molar-refractivity contribution >= 4 is 17.5 Å². The number of hydrogen-bond donors (Lipinski definition) is 1. The van der Waals surface area contributed by atoms with Gasteiger partial charge in [-0.3, -0.25) is 4.79 Å². The third-order valence-corrected chi connectivity index (χ3v) is 3.83. The maximum absolute atomic E-state index is 12.1. The van der Waals surface area contributed by atoms with E-state index in [9.17, 15) is 4.79 Å². The zero-order valence-electron chi connectivity index (χ0n) is 11.5. The quantitative estimate of drug-likeness (QED) is 0.869. The summed E-state index contributed by atoms with van der Waals surface area (Å²) in [6.07, 6.45) is 2.32. The van der Waals surface area contributed by atoms with E-state index in [-0.39, 0.29) is 11.9 Å². The maximum atomic E-state index is 12.1. The van der Waals surface area contributed by atoms with Crippen LogP contribution in [0.2, 0.25) is 5.02 Å². The van der Waals surface area contributed by atoms with Crippen LogP contribution in [0.4, 0.5) is 0 Å². The summed E-state index contributed by atoms with van der Waals surface area (Å²) in [6, 6.07) is 8.37. The number of hydrogen-bond acceptors (Lipinski definition) is 2. The highest BCUT2D eigenvalue weighted by molar-refractivity contribution is 6.30. The molecular weight excluding hydrogens is 260 g/mol. The third kappa shape index (κ3) is 3.95. The fourth-order valence-electron chi connectivity index (χ4n) is 2.24. The summed E-state index contributed by atoms with van der Waals surface area (Å²) in [5, 5.41) is 4.02. The van der Waals surface area contributed by atoms with Gasteiger partial charge in [0.15, 0.2) is 0 Å². The number of carbonyl (C=O) groups excluding carboxylic acids is 1. The second kappa shape index (κ2) is 6.40. The van der Waals surface area contributed by atoms with Gasteiger partial charge < -0.3 is 10.2 Å². The predicted molar refractivity (Wildman–Crippen MR) is 78.3 cm³/mol. The second-order valence-electron chi connectivity index (χ2n) is 5.07. The molecule has 1 aliphatic rings. The molecule has 0 bridgehead atoms. The van der Waals surface area contributed by atoms with Gasteiger partial charge in [0.25, 0.3) is 0 Å². The number of rotatable bonds is 6. The molecule has 0 spiro atoms. The minimum absolute atomic E-state index is 0.152. The van der Waals surface area contributed by atoms with E-state index in [1.807, 2.05) is 36.1 Å². The average molecular weight is 281 g/mol. The van der Waals surface area contributed by atoms with Crippen LogP contribution in [0.3, 0.4) is 0 Å². The molecule has 3 nitrogen and oxygen atoms in total. The number of benzene rings is 1. The smallest absolute Gasteiger partial charge is 0.236 e. The van der Waals surface area contributed by atoms with Gasteiger partial charge in [0.1, 0.15) is 0 Å². The summed E-state index contributed by atoms with van der Waals surface area (Å²) < 4.78 is 0. The largest absolute Gasteiger partial charge is 0.339 e. The molecule has 4 heteroatoms. The molecule has 0 aromatic heterocycles. The summed E-state index contributed by atoms with van der Waals surface area (Å²) in [4.78, 5) is 14.1. The van der Waals surface area contributed by atoms with Crippen molar-refractivity contribution in [3.8, 4) is 0 Å². The average Bonchev–Trinajstić information content (AvgIpc) is 3.22. The summed E-state index contributed by atoms with van der Waals surface area (Å²) in [5.74, 6) is 0.200. The van der Waals surface area contributed by atoms with Gasteiger partial charge >= 0.3 is 0 Å². The molecule has 1 aliphatic carbocycles. The Labute approximate surface area is 119 Å². The summed E-state index contributed by atoms with van der Waals surface area (Å²) in [6.45, 7) is 5.30. The Morgan fingerprint density at radius 1 is 1.42 bits per heavy atom. The van der Waals surface area contributed by atoms with Crippen molar-refractivity contribution in [3.63, 3.8) is 0 Å². The number of halogens is 1. The van der Waals surface area contributed by atoms with Gasteiger partial charge in [-0.05, 0) is 44.4 Å². The fraction of sp³-hybridized carbons (Fsp3) is 0.533. The molecule has 0 aliphatic heterocycles. The van der Waals surface area contributed by atoms with Crippen molar-refractivity contribution in [3.05, 3.63) is 34.9 Å². The van der Waals surface area contributed by atoms with Crippen molar-refractivity contribution in [2.75, 3.05) is 13.1 Å². The van der Waals surface area contributed by atoms with Crippen LogP contribution in [0, 0.1) is 0 Å². The maximum Gasteiger partial charge on any atom is 0.236 e. The Hall–Kier alpha value is -1.06. The van der Waals surface area contributed by atoms with E-state index in [1.165, 1.54) is 0 Å². The van der Waals surface area contributed by atoms with E-state index in [0.717, 1.165) is 30.0 Å².